The van der Waals surface area contributed by atoms with Gasteiger partial charge in [0.25, 0.3) is 0 Å². The summed E-state index contributed by atoms with van der Waals surface area (Å²) in [6.07, 6.45) is 2.73. The number of nitrogens with zero attached hydrogens (tertiary/aromatic N) is 4. The molecule has 0 atom stereocenters. The fraction of sp³-hybridized carbons (Fsp3) is 0.429. The number of hydrogen-bond donors (Lipinski definition) is 2. The van der Waals surface area contributed by atoms with Crippen LogP contribution in [0.2, 0.25) is 0 Å². The highest BCUT2D eigenvalue weighted by Gasteiger charge is 2.14. The van der Waals surface area contributed by atoms with Crippen LogP contribution in [0.25, 0.3) is 0 Å². The normalized spacial score (nSPS) is 15.0. The van der Waals surface area contributed by atoms with Crippen molar-refractivity contribution in [2.24, 2.45) is 4.99 Å². The monoisotopic (exact) mass is 512 g/mol. The summed E-state index contributed by atoms with van der Waals surface area (Å²) in [5, 5.41) is 6.59. The SMILES string of the molecule is CN=C(NCCc1ccc(F)cc1)NCc1ccc(N2CCN(C)CC2)nc1.I. The molecule has 0 unspecified atom stereocenters. The first-order valence-electron chi connectivity index (χ1n) is 9.71. The molecule has 6 nitrogen and oxygen atoms in total. The Labute approximate surface area is 189 Å². The van der Waals surface area contributed by atoms with E-state index in [1.165, 1.54) is 12.1 Å². The molecule has 1 aliphatic rings. The fourth-order valence-corrected chi connectivity index (χ4v) is 3.13. The lowest BCUT2D eigenvalue weighted by Crippen LogP contribution is -2.44. The van der Waals surface area contributed by atoms with E-state index in [-0.39, 0.29) is 29.8 Å². The number of aliphatic imine (C=N–C) groups is 1. The first-order valence-corrected chi connectivity index (χ1v) is 9.71. The summed E-state index contributed by atoms with van der Waals surface area (Å²) in [5.41, 5.74) is 2.20. The molecular weight excluding hydrogens is 482 g/mol. The van der Waals surface area contributed by atoms with Crippen LogP contribution in [-0.4, -0.2) is 62.7 Å². The number of rotatable bonds is 6. The number of halogens is 2. The Morgan fingerprint density at radius 1 is 1.03 bits per heavy atom. The van der Waals surface area contributed by atoms with Crippen LogP contribution in [0.3, 0.4) is 0 Å². The average Bonchev–Trinajstić information content (AvgIpc) is 2.73. The number of aromatic nitrogens is 1. The van der Waals surface area contributed by atoms with Crippen LogP contribution in [0.1, 0.15) is 11.1 Å². The number of likely N-dealkylation sites (N-methyl/N-ethyl adjacent to an activating group) is 1. The van der Waals surface area contributed by atoms with Crippen molar-refractivity contribution in [1.29, 1.82) is 0 Å². The number of benzene rings is 1. The smallest absolute Gasteiger partial charge is 0.191 e. The molecule has 3 rings (SSSR count). The number of pyridine rings is 1. The maximum Gasteiger partial charge on any atom is 0.191 e. The summed E-state index contributed by atoms with van der Waals surface area (Å²) >= 11 is 0. The second kappa shape index (κ2) is 11.9. The lowest BCUT2D eigenvalue weighted by atomic mass is 10.1. The first kappa shape index (κ1) is 23.3. The highest BCUT2D eigenvalue weighted by molar-refractivity contribution is 14.0. The predicted octanol–water partition coefficient (Wildman–Crippen LogP) is 2.50. The van der Waals surface area contributed by atoms with Crippen LogP contribution >= 0.6 is 24.0 Å². The van der Waals surface area contributed by atoms with Crippen LogP contribution < -0.4 is 15.5 Å². The van der Waals surface area contributed by atoms with Crippen molar-refractivity contribution >= 4 is 35.8 Å². The molecule has 0 amide bonds. The van der Waals surface area contributed by atoms with Gasteiger partial charge in [-0.15, -0.1) is 24.0 Å². The third-order valence-corrected chi connectivity index (χ3v) is 4.94. The highest BCUT2D eigenvalue weighted by Crippen LogP contribution is 2.13. The Morgan fingerprint density at radius 2 is 1.72 bits per heavy atom. The number of hydrogen-bond acceptors (Lipinski definition) is 4. The van der Waals surface area contributed by atoms with E-state index in [1.807, 2.05) is 6.20 Å². The molecule has 2 aromatic rings. The van der Waals surface area contributed by atoms with Crippen LogP contribution in [-0.2, 0) is 13.0 Å². The van der Waals surface area contributed by atoms with Crippen molar-refractivity contribution in [2.45, 2.75) is 13.0 Å². The van der Waals surface area contributed by atoms with Gasteiger partial charge in [0.15, 0.2) is 5.96 Å². The summed E-state index contributed by atoms with van der Waals surface area (Å²) < 4.78 is 12.9. The van der Waals surface area contributed by atoms with Gasteiger partial charge in [0.2, 0.25) is 0 Å². The van der Waals surface area contributed by atoms with Gasteiger partial charge in [0.05, 0.1) is 0 Å². The molecule has 158 valence electrons. The first-order chi connectivity index (χ1) is 13.6. The Morgan fingerprint density at radius 3 is 2.34 bits per heavy atom. The van der Waals surface area contributed by atoms with E-state index < -0.39 is 0 Å². The lowest BCUT2D eigenvalue weighted by Gasteiger charge is -2.33. The number of guanidine groups is 1. The van der Waals surface area contributed by atoms with Crippen LogP contribution in [0.5, 0.6) is 0 Å². The van der Waals surface area contributed by atoms with Gasteiger partial charge in [-0.2, -0.15) is 0 Å². The molecule has 29 heavy (non-hydrogen) atoms. The fourth-order valence-electron chi connectivity index (χ4n) is 3.13. The third-order valence-electron chi connectivity index (χ3n) is 4.94. The Balaban J connectivity index is 0.00000300. The summed E-state index contributed by atoms with van der Waals surface area (Å²) in [7, 11) is 3.90. The Hall–Kier alpha value is -1.94. The van der Waals surface area contributed by atoms with Crippen molar-refractivity contribution in [3.63, 3.8) is 0 Å². The molecule has 2 N–H and O–H groups in total. The molecule has 0 spiro atoms. The molecule has 0 saturated carbocycles. The van der Waals surface area contributed by atoms with Gasteiger partial charge in [-0.3, -0.25) is 4.99 Å². The van der Waals surface area contributed by atoms with E-state index in [0.29, 0.717) is 6.54 Å². The lowest BCUT2D eigenvalue weighted by molar-refractivity contribution is 0.312. The van der Waals surface area contributed by atoms with E-state index in [9.17, 15) is 4.39 Å². The molecule has 2 heterocycles. The zero-order chi connectivity index (χ0) is 19.8. The minimum Gasteiger partial charge on any atom is -0.356 e. The minimum atomic E-state index is -0.207. The minimum absolute atomic E-state index is 0. The molecular formula is C21H30FIN6. The molecule has 0 bridgehead atoms. The van der Waals surface area contributed by atoms with E-state index in [1.54, 1.807) is 19.2 Å². The van der Waals surface area contributed by atoms with Crippen molar-refractivity contribution in [1.82, 2.24) is 20.5 Å². The van der Waals surface area contributed by atoms with E-state index >= 15 is 0 Å². The summed E-state index contributed by atoms with van der Waals surface area (Å²) in [6, 6.07) is 10.8. The maximum atomic E-state index is 12.9. The van der Waals surface area contributed by atoms with Crippen molar-refractivity contribution in [3.05, 3.63) is 59.5 Å². The van der Waals surface area contributed by atoms with Gasteiger partial charge < -0.3 is 20.4 Å². The van der Waals surface area contributed by atoms with Gasteiger partial charge >= 0.3 is 0 Å². The second-order valence-corrected chi connectivity index (χ2v) is 7.04. The van der Waals surface area contributed by atoms with Crippen molar-refractivity contribution < 1.29 is 4.39 Å². The molecule has 8 heteroatoms. The Bertz CT molecular complexity index is 758. The molecule has 0 aliphatic carbocycles. The standard InChI is InChI=1S/C21H29FN6.HI/c1-23-21(24-10-9-17-3-6-19(22)7-4-17)26-16-18-5-8-20(25-15-18)28-13-11-27(2)12-14-28;/h3-8,15H,9-14,16H2,1-2H3,(H2,23,24,26);1H. The molecule has 0 radical (unpaired) electrons. The molecule has 1 aliphatic heterocycles. The summed E-state index contributed by atoms with van der Waals surface area (Å²) in [6.45, 7) is 5.57. The molecule has 1 saturated heterocycles. The number of piperazine rings is 1. The zero-order valence-electron chi connectivity index (χ0n) is 17.1. The maximum absolute atomic E-state index is 12.9. The van der Waals surface area contributed by atoms with Gasteiger partial charge in [-0.25, -0.2) is 9.37 Å². The van der Waals surface area contributed by atoms with Gasteiger partial charge in [0, 0.05) is 52.5 Å². The predicted molar refractivity (Wildman–Crippen MR) is 128 cm³/mol. The topological polar surface area (TPSA) is 55.8 Å². The molecule has 1 aromatic heterocycles. The number of nitrogens with one attached hydrogen (secondary N) is 2. The van der Waals surface area contributed by atoms with E-state index in [4.69, 9.17) is 0 Å². The van der Waals surface area contributed by atoms with Gasteiger partial charge in [-0.1, -0.05) is 18.2 Å². The van der Waals surface area contributed by atoms with Gasteiger partial charge in [-0.05, 0) is 42.8 Å². The second-order valence-electron chi connectivity index (χ2n) is 7.04. The zero-order valence-corrected chi connectivity index (χ0v) is 19.4. The Kier molecular flexibility index (Phi) is 9.59. The molecule has 1 fully saturated rings. The van der Waals surface area contributed by atoms with Gasteiger partial charge in [0.1, 0.15) is 11.6 Å². The van der Waals surface area contributed by atoms with Crippen LogP contribution in [0.4, 0.5) is 10.2 Å². The summed E-state index contributed by atoms with van der Waals surface area (Å²) in [5.74, 6) is 1.57. The van der Waals surface area contributed by atoms with E-state index in [2.05, 4.69) is 49.6 Å². The third kappa shape index (κ3) is 7.43. The highest BCUT2D eigenvalue weighted by atomic mass is 127. The van der Waals surface area contributed by atoms with Crippen molar-refractivity contribution in [2.75, 3.05) is 51.7 Å². The number of anilines is 1. The molecule has 1 aromatic carbocycles. The van der Waals surface area contributed by atoms with Crippen LogP contribution in [0.15, 0.2) is 47.6 Å². The van der Waals surface area contributed by atoms with Crippen molar-refractivity contribution in [3.8, 4) is 0 Å². The van der Waals surface area contributed by atoms with E-state index in [0.717, 1.165) is 62.0 Å². The summed E-state index contributed by atoms with van der Waals surface area (Å²) in [4.78, 5) is 13.5. The van der Waals surface area contributed by atoms with Crippen LogP contribution in [0, 0.1) is 5.82 Å². The largest absolute Gasteiger partial charge is 0.356 e. The average molecular weight is 512 g/mol. The quantitative estimate of drug-likeness (QED) is 0.354.